The third-order valence-electron chi connectivity index (χ3n) is 3.24. The average molecular weight is 351 g/mol. The van der Waals surface area contributed by atoms with Gasteiger partial charge in [-0.3, -0.25) is 4.79 Å². The zero-order valence-corrected chi connectivity index (χ0v) is 13.7. The largest absolute Gasteiger partial charge is 0.347 e. The molecule has 0 aromatic carbocycles. The fourth-order valence-corrected chi connectivity index (χ4v) is 2.73. The summed E-state index contributed by atoms with van der Waals surface area (Å²) < 4.78 is 2.94. The third kappa shape index (κ3) is 4.23. The van der Waals surface area contributed by atoms with Gasteiger partial charge < -0.3 is 15.2 Å². The van der Waals surface area contributed by atoms with Gasteiger partial charge in [0, 0.05) is 29.3 Å². The topological polar surface area (TPSA) is 46.1 Å². The molecular weight excluding hydrogens is 330 g/mol. The van der Waals surface area contributed by atoms with Crippen molar-refractivity contribution in [2.24, 2.45) is 0 Å². The summed E-state index contributed by atoms with van der Waals surface area (Å²) in [6, 6.07) is 2.41. The second-order valence-corrected chi connectivity index (χ2v) is 5.98. The van der Waals surface area contributed by atoms with Crippen LogP contribution in [0.15, 0.2) is 16.7 Å². The number of hydrogen-bond donors (Lipinski definition) is 2. The van der Waals surface area contributed by atoms with Gasteiger partial charge >= 0.3 is 0 Å². The highest BCUT2D eigenvalue weighted by Crippen LogP contribution is 2.19. The Labute approximate surface area is 128 Å². The van der Waals surface area contributed by atoms with Gasteiger partial charge in [0.25, 0.3) is 5.91 Å². The second-order valence-electron chi connectivity index (χ2n) is 5.06. The van der Waals surface area contributed by atoms with Crippen molar-refractivity contribution < 1.29 is 4.79 Å². The molecule has 0 spiro atoms. The van der Waals surface area contributed by atoms with Crippen LogP contribution in [0.3, 0.4) is 0 Å². The first-order valence-electron chi connectivity index (χ1n) is 6.47. The monoisotopic (exact) mass is 349 g/mol. The number of carbonyl (C=O) groups excluding carboxylic acids is 1. The molecule has 2 rings (SSSR count). The number of nitrogens with one attached hydrogen (secondary N) is 2. The Bertz CT molecular complexity index is 428. The lowest BCUT2D eigenvalue weighted by Gasteiger charge is -2.24. The number of amides is 1. The Morgan fingerprint density at radius 3 is 2.89 bits per heavy atom. The first-order chi connectivity index (χ1) is 8.58. The summed E-state index contributed by atoms with van der Waals surface area (Å²) in [5, 5.41) is 6.40. The molecule has 1 atom stereocenters. The van der Waals surface area contributed by atoms with Gasteiger partial charge in [-0.1, -0.05) is 0 Å². The molecule has 2 heterocycles. The van der Waals surface area contributed by atoms with Gasteiger partial charge in [-0.05, 0) is 55.2 Å². The molecule has 1 saturated heterocycles. The van der Waals surface area contributed by atoms with E-state index in [1.165, 1.54) is 0 Å². The van der Waals surface area contributed by atoms with Gasteiger partial charge in [0.15, 0.2) is 0 Å². The van der Waals surface area contributed by atoms with E-state index in [4.69, 9.17) is 0 Å². The number of aromatic nitrogens is 1. The quantitative estimate of drug-likeness (QED) is 0.880. The van der Waals surface area contributed by atoms with Crippen LogP contribution < -0.4 is 10.6 Å². The van der Waals surface area contributed by atoms with Crippen LogP contribution >= 0.6 is 28.3 Å². The average Bonchev–Trinajstić information content (AvgIpc) is 2.73. The van der Waals surface area contributed by atoms with Crippen molar-refractivity contribution in [1.29, 1.82) is 0 Å². The maximum absolute atomic E-state index is 12.3. The number of nitrogens with zero attached hydrogens (tertiary/aromatic N) is 1. The molecule has 0 aliphatic carbocycles. The smallest absolute Gasteiger partial charge is 0.268 e. The van der Waals surface area contributed by atoms with E-state index in [1.807, 2.05) is 16.8 Å². The summed E-state index contributed by atoms with van der Waals surface area (Å²) in [4.78, 5) is 12.3. The van der Waals surface area contributed by atoms with E-state index < -0.39 is 0 Å². The molecule has 6 heteroatoms. The predicted molar refractivity (Wildman–Crippen MR) is 83.1 cm³/mol. The molecule has 1 amide bonds. The first kappa shape index (κ1) is 16.5. The Hall–Kier alpha value is -0.520. The molecule has 4 nitrogen and oxygen atoms in total. The summed E-state index contributed by atoms with van der Waals surface area (Å²) >= 11 is 3.43. The number of halogens is 2. The van der Waals surface area contributed by atoms with Crippen molar-refractivity contribution >= 4 is 34.2 Å². The normalized spacial score (nSPS) is 19.1. The van der Waals surface area contributed by atoms with E-state index in [-0.39, 0.29) is 30.4 Å². The number of carbonyl (C=O) groups is 1. The van der Waals surface area contributed by atoms with E-state index in [0.717, 1.165) is 36.1 Å². The molecule has 1 aliphatic heterocycles. The van der Waals surface area contributed by atoms with E-state index >= 15 is 0 Å². The molecular formula is C13H21BrClN3O. The van der Waals surface area contributed by atoms with Gasteiger partial charge in [0.1, 0.15) is 5.69 Å². The lowest BCUT2D eigenvalue weighted by Crippen LogP contribution is -2.46. The van der Waals surface area contributed by atoms with Crippen molar-refractivity contribution in [3.05, 3.63) is 22.4 Å². The zero-order chi connectivity index (χ0) is 13.1. The molecule has 2 N–H and O–H groups in total. The van der Waals surface area contributed by atoms with Crippen LogP contribution in [0.4, 0.5) is 0 Å². The first-order valence-corrected chi connectivity index (χ1v) is 7.26. The van der Waals surface area contributed by atoms with Crippen LogP contribution in [-0.2, 0) is 0 Å². The minimum Gasteiger partial charge on any atom is -0.347 e. The molecule has 0 radical (unpaired) electrons. The van der Waals surface area contributed by atoms with Crippen molar-refractivity contribution in [3.63, 3.8) is 0 Å². The predicted octanol–water partition coefficient (Wildman–Crippen LogP) is 2.74. The molecule has 1 aromatic heterocycles. The highest BCUT2D eigenvalue weighted by molar-refractivity contribution is 9.10. The lowest BCUT2D eigenvalue weighted by atomic mass is 10.1. The summed E-state index contributed by atoms with van der Waals surface area (Å²) in [5.74, 6) is 0.0168. The van der Waals surface area contributed by atoms with Gasteiger partial charge in [0.05, 0.1) is 0 Å². The molecule has 1 fully saturated rings. The Kier molecular flexibility index (Phi) is 6.36. The molecule has 1 aromatic rings. The van der Waals surface area contributed by atoms with Crippen LogP contribution in [0.25, 0.3) is 0 Å². The molecule has 0 saturated carbocycles. The van der Waals surface area contributed by atoms with Gasteiger partial charge in [-0.2, -0.15) is 0 Å². The maximum Gasteiger partial charge on any atom is 0.268 e. The Morgan fingerprint density at radius 1 is 1.58 bits per heavy atom. The summed E-state index contributed by atoms with van der Waals surface area (Å²) in [7, 11) is 0. The van der Waals surface area contributed by atoms with E-state index in [2.05, 4.69) is 40.4 Å². The van der Waals surface area contributed by atoms with Crippen LogP contribution in [0.1, 0.15) is 43.2 Å². The fourth-order valence-electron chi connectivity index (χ4n) is 2.29. The Morgan fingerprint density at radius 2 is 2.32 bits per heavy atom. The third-order valence-corrected chi connectivity index (χ3v) is 3.67. The summed E-state index contributed by atoms with van der Waals surface area (Å²) in [6.07, 6.45) is 4.14. The fraction of sp³-hybridized carbons (Fsp3) is 0.615. The van der Waals surface area contributed by atoms with Crippen LogP contribution in [0.5, 0.6) is 0 Å². The second kappa shape index (κ2) is 7.31. The van der Waals surface area contributed by atoms with Crippen molar-refractivity contribution in [3.8, 4) is 0 Å². The molecule has 19 heavy (non-hydrogen) atoms. The zero-order valence-electron chi connectivity index (χ0n) is 11.3. The Balaban J connectivity index is 0.00000180. The minimum absolute atomic E-state index is 0. The van der Waals surface area contributed by atoms with E-state index in [0.29, 0.717) is 0 Å². The summed E-state index contributed by atoms with van der Waals surface area (Å²) in [5.41, 5.74) is 0.724. The van der Waals surface area contributed by atoms with E-state index in [9.17, 15) is 4.79 Å². The van der Waals surface area contributed by atoms with Gasteiger partial charge in [-0.15, -0.1) is 12.4 Å². The molecule has 0 bridgehead atoms. The van der Waals surface area contributed by atoms with Gasteiger partial charge in [-0.25, -0.2) is 0 Å². The van der Waals surface area contributed by atoms with Gasteiger partial charge in [0.2, 0.25) is 0 Å². The molecule has 108 valence electrons. The van der Waals surface area contributed by atoms with Crippen molar-refractivity contribution in [2.45, 2.75) is 38.8 Å². The van der Waals surface area contributed by atoms with Crippen LogP contribution in [0, 0.1) is 0 Å². The number of hydrogen-bond acceptors (Lipinski definition) is 2. The van der Waals surface area contributed by atoms with E-state index in [1.54, 1.807) is 0 Å². The van der Waals surface area contributed by atoms with Crippen molar-refractivity contribution in [1.82, 2.24) is 15.2 Å². The molecule has 0 unspecified atom stereocenters. The SMILES string of the molecule is CC(C)n1cc(Br)cc1C(=O)N[C@@H]1CCCNC1.Cl. The maximum atomic E-state index is 12.3. The summed E-state index contributed by atoms with van der Waals surface area (Å²) in [6.45, 7) is 6.08. The molecule has 1 aliphatic rings. The standard InChI is InChI=1S/C13H20BrN3O.ClH/c1-9(2)17-8-10(14)6-12(17)13(18)16-11-4-3-5-15-7-11;/h6,8-9,11,15H,3-5,7H2,1-2H3,(H,16,18);1H/t11-;/m1./s1. The number of piperidine rings is 1. The van der Waals surface area contributed by atoms with Crippen LogP contribution in [0.2, 0.25) is 0 Å². The minimum atomic E-state index is 0. The highest BCUT2D eigenvalue weighted by atomic mass is 79.9. The van der Waals surface area contributed by atoms with Crippen molar-refractivity contribution in [2.75, 3.05) is 13.1 Å². The number of rotatable bonds is 3. The highest BCUT2D eigenvalue weighted by Gasteiger charge is 2.19. The lowest BCUT2D eigenvalue weighted by molar-refractivity contribution is 0.0920. The van der Waals surface area contributed by atoms with Crippen LogP contribution in [-0.4, -0.2) is 29.6 Å².